The van der Waals surface area contributed by atoms with Crippen molar-refractivity contribution >= 4 is 69.1 Å². The Bertz CT molecular complexity index is 2930. The fourth-order valence-electron chi connectivity index (χ4n) is 6.35. The van der Waals surface area contributed by atoms with Crippen LogP contribution >= 0.6 is 30.3 Å². The molecule has 8 rings (SSSR count). The van der Waals surface area contributed by atoms with Crippen molar-refractivity contribution in [1.82, 2.24) is 9.97 Å². The minimum atomic E-state index is -4.38. The largest absolute Gasteiger partial charge is 0.416 e. The monoisotopic (exact) mass is 944 g/mol. The van der Waals surface area contributed by atoms with Gasteiger partial charge < -0.3 is 9.05 Å². The zero-order chi connectivity index (χ0) is 46.8. The second-order valence-electron chi connectivity index (χ2n) is 14.6. The summed E-state index contributed by atoms with van der Waals surface area (Å²) in [5.41, 5.74) is 7.49. The minimum absolute atomic E-state index is 0.0322. The number of benzene rings is 6. The van der Waals surface area contributed by atoms with E-state index in [1.807, 2.05) is 74.5 Å². The molecule has 0 aliphatic heterocycles. The summed E-state index contributed by atoms with van der Waals surface area (Å²) in [6.07, 6.45) is -4.55. The molecular formula is C50H43F6N2O4PS2. The van der Waals surface area contributed by atoms with Crippen LogP contribution in [0.25, 0.3) is 53.7 Å². The van der Waals surface area contributed by atoms with E-state index in [1.165, 1.54) is 34.0 Å². The SMILES string of the molecule is CCOP(=O)(Cc1ccc(-c2nc3ccc(C)cc3s2)cc1)OCC.Cc1ccc2nc(-c3ccc(/C=C/c4cccc(C(F)(F)F)c4)cc3)sc2c1.O=Cc1cccc(C(F)(F)F)c1. The van der Waals surface area contributed by atoms with Gasteiger partial charge in [-0.25, -0.2) is 9.97 Å². The van der Waals surface area contributed by atoms with Gasteiger partial charge in [0, 0.05) is 16.7 Å². The maximum atomic E-state index is 12.8. The van der Waals surface area contributed by atoms with Gasteiger partial charge in [0.05, 0.1) is 50.9 Å². The summed E-state index contributed by atoms with van der Waals surface area (Å²) in [7, 11) is -3.07. The summed E-state index contributed by atoms with van der Waals surface area (Å²) < 4.78 is 100. The molecule has 0 fully saturated rings. The summed E-state index contributed by atoms with van der Waals surface area (Å²) >= 11 is 3.33. The maximum absolute atomic E-state index is 12.8. The molecule has 0 radical (unpaired) electrons. The molecule has 8 aromatic rings. The van der Waals surface area contributed by atoms with Crippen LogP contribution in [-0.4, -0.2) is 29.5 Å². The molecule has 0 aliphatic carbocycles. The number of aryl methyl sites for hydroxylation is 2. The Hall–Kier alpha value is -5.76. The van der Waals surface area contributed by atoms with Gasteiger partial charge in [0.1, 0.15) is 16.3 Å². The third-order valence-electron chi connectivity index (χ3n) is 9.51. The number of rotatable bonds is 11. The lowest BCUT2D eigenvalue weighted by molar-refractivity contribution is -0.138. The number of alkyl halides is 6. The average Bonchev–Trinajstić information content (AvgIpc) is 3.90. The summed E-state index contributed by atoms with van der Waals surface area (Å²) in [6, 6.07) is 37.9. The normalized spacial score (nSPS) is 11.9. The molecule has 15 heteroatoms. The van der Waals surface area contributed by atoms with Crippen molar-refractivity contribution in [3.05, 3.63) is 178 Å². The van der Waals surface area contributed by atoms with E-state index in [9.17, 15) is 35.7 Å². The molecule has 0 saturated carbocycles. The van der Waals surface area contributed by atoms with Crippen LogP contribution in [0.2, 0.25) is 0 Å². The van der Waals surface area contributed by atoms with Gasteiger partial charge in [-0.05, 0) is 104 Å². The topological polar surface area (TPSA) is 78.4 Å². The molecule has 0 aliphatic rings. The van der Waals surface area contributed by atoms with Crippen molar-refractivity contribution in [3.8, 4) is 21.1 Å². The fourth-order valence-corrected chi connectivity index (χ4v) is 10.2. The number of fused-ring (bicyclic) bond motifs is 2. The number of thiazole rings is 2. The molecule has 0 saturated heterocycles. The number of carbonyl (C=O) groups is 1. The number of nitrogens with zero attached hydrogens (tertiary/aromatic N) is 2. The lowest BCUT2D eigenvalue weighted by atomic mass is 10.1. The van der Waals surface area contributed by atoms with Gasteiger partial charge in [-0.15, -0.1) is 22.7 Å². The van der Waals surface area contributed by atoms with Crippen molar-refractivity contribution in [2.75, 3.05) is 13.2 Å². The van der Waals surface area contributed by atoms with E-state index in [0.717, 1.165) is 72.3 Å². The number of carbonyl (C=O) groups excluding carboxylic acids is 1. The lowest BCUT2D eigenvalue weighted by Gasteiger charge is -2.17. The van der Waals surface area contributed by atoms with Crippen LogP contribution < -0.4 is 0 Å². The predicted octanol–water partition coefficient (Wildman–Crippen LogP) is 16.0. The van der Waals surface area contributed by atoms with E-state index >= 15 is 0 Å². The molecule has 2 aromatic heterocycles. The van der Waals surface area contributed by atoms with Gasteiger partial charge in [0.2, 0.25) is 0 Å². The Kier molecular flexibility index (Phi) is 16.1. The zero-order valence-electron chi connectivity index (χ0n) is 35.6. The van der Waals surface area contributed by atoms with E-state index in [0.29, 0.717) is 25.1 Å². The first-order chi connectivity index (χ1) is 30.9. The second-order valence-corrected chi connectivity index (χ2v) is 18.7. The highest BCUT2D eigenvalue weighted by atomic mass is 32.1. The van der Waals surface area contributed by atoms with Crippen LogP contribution in [0.3, 0.4) is 0 Å². The van der Waals surface area contributed by atoms with Gasteiger partial charge in [-0.2, -0.15) is 26.3 Å². The van der Waals surface area contributed by atoms with E-state index in [2.05, 4.69) is 43.1 Å². The van der Waals surface area contributed by atoms with E-state index in [4.69, 9.17) is 14.0 Å². The molecule has 2 heterocycles. The Balaban J connectivity index is 0.000000174. The Morgan fingerprint density at radius 1 is 0.569 bits per heavy atom. The average molecular weight is 945 g/mol. The molecule has 6 nitrogen and oxygen atoms in total. The predicted molar refractivity (Wildman–Crippen MR) is 251 cm³/mol. The summed E-state index contributed by atoms with van der Waals surface area (Å²) in [5, 5.41) is 1.94. The molecule has 0 bridgehead atoms. The quantitative estimate of drug-likeness (QED) is 0.0556. The molecule has 0 N–H and O–H groups in total. The Morgan fingerprint density at radius 3 is 1.48 bits per heavy atom. The highest BCUT2D eigenvalue weighted by Gasteiger charge is 2.31. The van der Waals surface area contributed by atoms with Crippen molar-refractivity contribution in [3.63, 3.8) is 0 Å². The summed E-state index contributed by atoms with van der Waals surface area (Å²) in [4.78, 5) is 19.5. The van der Waals surface area contributed by atoms with Crippen molar-refractivity contribution in [2.45, 2.75) is 46.2 Å². The number of aromatic nitrogens is 2. The summed E-state index contributed by atoms with van der Waals surface area (Å²) in [5.74, 6) is 0. The highest BCUT2D eigenvalue weighted by molar-refractivity contribution is 7.53. The second kappa shape index (κ2) is 21.5. The van der Waals surface area contributed by atoms with Crippen LogP contribution in [0.15, 0.2) is 133 Å². The van der Waals surface area contributed by atoms with Gasteiger partial charge >= 0.3 is 19.9 Å². The third kappa shape index (κ3) is 13.6. The van der Waals surface area contributed by atoms with E-state index < -0.39 is 31.1 Å². The first-order valence-corrected chi connectivity index (χ1v) is 23.6. The molecule has 0 amide bonds. The summed E-state index contributed by atoms with van der Waals surface area (Å²) in [6.45, 7) is 8.54. The van der Waals surface area contributed by atoms with Crippen molar-refractivity contribution in [2.24, 2.45) is 0 Å². The Morgan fingerprint density at radius 2 is 1.02 bits per heavy atom. The van der Waals surface area contributed by atoms with Crippen LogP contribution in [0.1, 0.15) is 63.1 Å². The third-order valence-corrected chi connectivity index (χ3v) is 13.7. The lowest BCUT2D eigenvalue weighted by Crippen LogP contribution is -2.04. The van der Waals surface area contributed by atoms with Crippen LogP contribution in [0, 0.1) is 13.8 Å². The van der Waals surface area contributed by atoms with Crippen LogP contribution in [-0.2, 0) is 32.1 Å². The van der Waals surface area contributed by atoms with E-state index in [1.54, 1.807) is 40.9 Å². The van der Waals surface area contributed by atoms with Gasteiger partial charge in [-0.1, -0.05) is 97.1 Å². The van der Waals surface area contributed by atoms with Gasteiger partial charge in [-0.3, -0.25) is 9.36 Å². The molecule has 0 spiro atoms. The van der Waals surface area contributed by atoms with Crippen LogP contribution in [0.5, 0.6) is 0 Å². The molecule has 6 aromatic carbocycles. The number of hydrogen-bond donors (Lipinski definition) is 0. The van der Waals surface area contributed by atoms with Crippen molar-refractivity contribution < 1.29 is 44.7 Å². The molecule has 336 valence electrons. The highest BCUT2D eigenvalue weighted by Crippen LogP contribution is 2.51. The molecular weight excluding hydrogens is 902 g/mol. The molecule has 0 unspecified atom stereocenters. The first kappa shape index (κ1) is 48.7. The minimum Gasteiger partial charge on any atom is -0.309 e. The smallest absolute Gasteiger partial charge is 0.309 e. The fraction of sp³-hybridized carbons (Fsp3) is 0.180. The van der Waals surface area contributed by atoms with Gasteiger partial charge in [0.15, 0.2) is 0 Å². The Labute approximate surface area is 380 Å². The van der Waals surface area contributed by atoms with E-state index in [-0.39, 0.29) is 11.7 Å². The number of halogens is 6. The van der Waals surface area contributed by atoms with Crippen molar-refractivity contribution in [1.29, 1.82) is 0 Å². The van der Waals surface area contributed by atoms with Crippen LogP contribution in [0.4, 0.5) is 26.3 Å². The zero-order valence-corrected chi connectivity index (χ0v) is 38.1. The number of aldehydes is 1. The maximum Gasteiger partial charge on any atom is 0.416 e. The first-order valence-electron chi connectivity index (χ1n) is 20.3. The standard InChI is InChI=1S/C23H16F3NS.C19H22NO3PS.C8H5F3O/c1-15-5-12-20-21(13-15)28-22(27-20)18-10-8-16(9-11-18)6-7-17-3-2-4-19(14-17)23(24,25)26;1-4-22-24(21,23-5-2)13-15-7-9-16(10-8-15)19-20-17-11-6-14(3)12-18(17)25-19;9-8(10,11)7-3-1-2-6(4-7)5-12/h2-14H,1H3;6-12H,4-5,13H2,1-3H3;1-5H/b7-6+;;. The van der Waals surface area contributed by atoms with Gasteiger partial charge in [0.25, 0.3) is 0 Å². The molecule has 65 heavy (non-hydrogen) atoms. The molecule has 0 atom stereocenters. The number of hydrogen-bond acceptors (Lipinski definition) is 8.